The van der Waals surface area contributed by atoms with Crippen LogP contribution in [-0.2, 0) is 12.7 Å². The van der Waals surface area contributed by atoms with E-state index >= 15 is 0 Å². The Bertz CT molecular complexity index is 865. The third-order valence-electron chi connectivity index (χ3n) is 5.63. The van der Waals surface area contributed by atoms with Gasteiger partial charge in [-0.25, -0.2) is 4.99 Å². The molecule has 0 aromatic heterocycles. The van der Waals surface area contributed by atoms with Crippen LogP contribution < -0.4 is 10.6 Å². The second kappa shape index (κ2) is 7.49. The van der Waals surface area contributed by atoms with Crippen LogP contribution >= 0.6 is 0 Å². The summed E-state index contributed by atoms with van der Waals surface area (Å²) < 4.78 is 39.0. The summed E-state index contributed by atoms with van der Waals surface area (Å²) in [5.41, 5.74) is 1.59. The van der Waals surface area contributed by atoms with E-state index in [9.17, 15) is 13.2 Å². The number of nitrogens with zero attached hydrogens (tertiary/aromatic N) is 1. The second-order valence-electron chi connectivity index (χ2n) is 7.65. The average molecular weight is 387 g/mol. The smallest absolute Gasteiger partial charge is 0.371 e. The molecule has 2 aromatic carbocycles. The summed E-state index contributed by atoms with van der Waals surface area (Å²) in [6.07, 6.45) is 2.23. The highest BCUT2D eigenvalue weighted by atomic mass is 19.4. The normalized spacial score (nSPS) is 18.6. The van der Waals surface area contributed by atoms with Crippen molar-refractivity contribution in [3.63, 3.8) is 0 Å². The number of nitrogens with one attached hydrogen (secondary N) is 2. The van der Waals surface area contributed by atoms with Crippen LogP contribution in [0.1, 0.15) is 49.7 Å². The minimum Gasteiger partial charge on any atom is -0.371 e. The maximum absolute atomic E-state index is 13.0. The van der Waals surface area contributed by atoms with E-state index in [4.69, 9.17) is 4.99 Å². The molecule has 0 unspecified atom stereocenters. The van der Waals surface area contributed by atoms with Gasteiger partial charge in [-0.1, -0.05) is 49.9 Å². The molecule has 2 aromatic rings. The monoisotopic (exact) mass is 387 g/mol. The fourth-order valence-corrected chi connectivity index (χ4v) is 4.17. The number of hydrogen-bond donors (Lipinski definition) is 2. The predicted octanol–water partition coefficient (Wildman–Crippen LogP) is 6.04. The SMILES string of the molecule is FC(F)(F)c1cccc(CNC2=Nc3ccccc3NC23CCCCCC3)c1. The van der Waals surface area contributed by atoms with Gasteiger partial charge in [0.1, 0.15) is 5.84 Å². The lowest BCUT2D eigenvalue weighted by Crippen LogP contribution is -2.53. The summed E-state index contributed by atoms with van der Waals surface area (Å²) in [4.78, 5) is 4.87. The van der Waals surface area contributed by atoms with Crippen molar-refractivity contribution in [1.82, 2.24) is 5.32 Å². The van der Waals surface area contributed by atoms with Gasteiger partial charge in [-0.15, -0.1) is 0 Å². The summed E-state index contributed by atoms with van der Waals surface area (Å²) in [6, 6.07) is 13.4. The highest BCUT2D eigenvalue weighted by Gasteiger charge is 2.39. The van der Waals surface area contributed by atoms with Crippen molar-refractivity contribution < 1.29 is 13.2 Å². The van der Waals surface area contributed by atoms with Crippen molar-refractivity contribution in [3.8, 4) is 0 Å². The molecule has 1 aliphatic heterocycles. The van der Waals surface area contributed by atoms with Crippen LogP contribution in [0.5, 0.6) is 0 Å². The first kappa shape index (κ1) is 18.8. The Morgan fingerprint density at radius 1 is 0.964 bits per heavy atom. The predicted molar refractivity (Wildman–Crippen MR) is 106 cm³/mol. The second-order valence-corrected chi connectivity index (χ2v) is 7.65. The van der Waals surface area contributed by atoms with Gasteiger partial charge in [0.25, 0.3) is 0 Å². The van der Waals surface area contributed by atoms with Gasteiger partial charge in [-0.05, 0) is 42.7 Å². The zero-order valence-corrected chi connectivity index (χ0v) is 15.6. The van der Waals surface area contributed by atoms with Crippen molar-refractivity contribution in [1.29, 1.82) is 0 Å². The summed E-state index contributed by atoms with van der Waals surface area (Å²) in [7, 11) is 0. The van der Waals surface area contributed by atoms with Crippen LogP contribution in [0.3, 0.4) is 0 Å². The molecular formula is C22H24F3N3. The maximum atomic E-state index is 13.0. The molecule has 1 aliphatic carbocycles. The molecule has 1 spiro atoms. The lowest BCUT2D eigenvalue weighted by molar-refractivity contribution is -0.137. The number of rotatable bonds is 2. The summed E-state index contributed by atoms with van der Waals surface area (Å²) in [6.45, 7) is 0.314. The van der Waals surface area contributed by atoms with E-state index in [-0.39, 0.29) is 5.54 Å². The minimum atomic E-state index is -4.33. The van der Waals surface area contributed by atoms with E-state index < -0.39 is 11.7 Å². The number of amidine groups is 1. The van der Waals surface area contributed by atoms with E-state index in [1.165, 1.54) is 25.0 Å². The number of fused-ring (bicyclic) bond motifs is 1. The Morgan fingerprint density at radius 2 is 1.71 bits per heavy atom. The first-order valence-electron chi connectivity index (χ1n) is 9.83. The number of alkyl halides is 3. The molecule has 3 nitrogen and oxygen atoms in total. The highest BCUT2D eigenvalue weighted by molar-refractivity contribution is 6.00. The van der Waals surface area contributed by atoms with Crippen molar-refractivity contribution in [3.05, 3.63) is 59.7 Å². The number of aliphatic imine (C=N–C) groups is 1. The van der Waals surface area contributed by atoms with Crippen LogP contribution in [0.15, 0.2) is 53.5 Å². The molecule has 2 aliphatic rings. The van der Waals surface area contributed by atoms with Gasteiger partial charge in [0.15, 0.2) is 0 Å². The van der Waals surface area contributed by atoms with E-state index in [2.05, 4.69) is 10.6 Å². The fourth-order valence-electron chi connectivity index (χ4n) is 4.17. The van der Waals surface area contributed by atoms with E-state index in [1.807, 2.05) is 24.3 Å². The van der Waals surface area contributed by atoms with Gasteiger partial charge < -0.3 is 10.6 Å². The molecule has 0 radical (unpaired) electrons. The number of anilines is 1. The third-order valence-corrected chi connectivity index (χ3v) is 5.63. The molecule has 0 saturated heterocycles. The van der Waals surface area contributed by atoms with Crippen molar-refractivity contribution in [2.45, 2.75) is 56.8 Å². The Kier molecular flexibility index (Phi) is 5.04. The molecule has 1 saturated carbocycles. The lowest BCUT2D eigenvalue weighted by Gasteiger charge is -2.40. The number of benzene rings is 2. The van der Waals surface area contributed by atoms with Crippen LogP contribution in [0.2, 0.25) is 0 Å². The number of halogens is 3. The minimum absolute atomic E-state index is 0.271. The van der Waals surface area contributed by atoms with Gasteiger partial charge in [-0.2, -0.15) is 13.2 Å². The number of para-hydroxylation sites is 2. The molecule has 1 fully saturated rings. The maximum Gasteiger partial charge on any atom is 0.416 e. The van der Waals surface area contributed by atoms with Crippen LogP contribution in [0.25, 0.3) is 0 Å². The Hall–Kier alpha value is -2.50. The zero-order valence-electron chi connectivity index (χ0n) is 15.6. The molecule has 0 amide bonds. The lowest BCUT2D eigenvalue weighted by atomic mass is 9.86. The fraction of sp³-hybridized carbons (Fsp3) is 0.409. The van der Waals surface area contributed by atoms with Crippen molar-refractivity contribution in [2.24, 2.45) is 4.99 Å². The third kappa shape index (κ3) is 3.86. The quantitative estimate of drug-likeness (QED) is 0.659. The van der Waals surface area contributed by atoms with Gasteiger partial charge in [0, 0.05) is 6.54 Å². The van der Waals surface area contributed by atoms with Crippen molar-refractivity contribution >= 4 is 17.2 Å². The topological polar surface area (TPSA) is 36.4 Å². The van der Waals surface area contributed by atoms with E-state index in [0.29, 0.717) is 12.1 Å². The highest BCUT2D eigenvalue weighted by Crippen LogP contribution is 2.39. The first-order valence-corrected chi connectivity index (χ1v) is 9.83. The van der Waals surface area contributed by atoms with Crippen LogP contribution in [0, 0.1) is 0 Å². The molecule has 0 atom stereocenters. The average Bonchev–Trinajstić information content (AvgIpc) is 2.92. The number of hydrogen-bond acceptors (Lipinski definition) is 3. The first-order chi connectivity index (χ1) is 13.5. The molecule has 1 heterocycles. The van der Waals surface area contributed by atoms with Crippen molar-refractivity contribution in [2.75, 3.05) is 5.32 Å². The van der Waals surface area contributed by atoms with E-state index in [1.54, 1.807) is 6.07 Å². The molecule has 6 heteroatoms. The van der Waals surface area contributed by atoms with Crippen LogP contribution in [-0.4, -0.2) is 11.4 Å². The van der Waals surface area contributed by atoms with Gasteiger partial charge >= 0.3 is 6.18 Å². The molecule has 2 N–H and O–H groups in total. The standard InChI is InChI=1S/C22H24F3N3/c23-22(24,25)17-9-7-8-16(14-17)15-26-20-21(12-5-1-2-6-13-21)28-19-11-4-3-10-18(19)27-20/h3-4,7-11,14,28H,1-2,5-6,12-13,15H2,(H,26,27). The Balaban J connectivity index is 1.61. The Morgan fingerprint density at radius 3 is 2.46 bits per heavy atom. The molecule has 28 heavy (non-hydrogen) atoms. The zero-order chi connectivity index (χ0) is 19.6. The van der Waals surface area contributed by atoms with Gasteiger partial charge in [-0.3, -0.25) is 0 Å². The summed E-state index contributed by atoms with van der Waals surface area (Å²) in [5.74, 6) is 0.838. The Labute approximate surface area is 163 Å². The van der Waals surface area contributed by atoms with Gasteiger partial charge in [0.05, 0.1) is 22.5 Å². The largest absolute Gasteiger partial charge is 0.416 e. The summed E-state index contributed by atoms with van der Waals surface area (Å²) in [5, 5.41) is 7.07. The molecule has 148 valence electrons. The molecule has 4 rings (SSSR count). The molecule has 0 bridgehead atoms. The summed E-state index contributed by atoms with van der Waals surface area (Å²) >= 11 is 0. The van der Waals surface area contributed by atoms with Crippen LogP contribution in [0.4, 0.5) is 24.5 Å². The molecular weight excluding hydrogens is 363 g/mol. The van der Waals surface area contributed by atoms with Gasteiger partial charge in [0.2, 0.25) is 0 Å². The van der Waals surface area contributed by atoms with E-state index in [0.717, 1.165) is 49.0 Å².